The smallest absolute Gasteiger partial charge is 0.157 e. The van der Waals surface area contributed by atoms with Gasteiger partial charge in [0.1, 0.15) is 0 Å². The van der Waals surface area contributed by atoms with Crippen molar-refractivity contribution in [3.05, 3.63) is 12.2 Å². The van der Waals surface area contributed by atoms with Gasteiger partial charge in [0.25, 0.3) is 0 Å². The van der Waals surface area contributed by atoms with E-state index in [0.29, 0.717) is 0 Å². The zero-order valence-corrected chi connectivity index (χ0v) is 17.7. The summed E-state index contributed by atoms with van der Waals surface area (Å²) < 4.78 is 11.8. The molecule has 0 fully saturated rings. The fourth-order valence-corrected chi connectivity index (χ4v) is 2.88. The highest BCUT2D eigenvalue weighted by Crippen LogP contribution is 2.14. The molecule has 3 heteroatoms. The van der Waals surface area contributed by atoms with Crippen LogP contribution in [-0.4, -0.2) is 31.2 Å². The van der Waals surface area contributed by atoms with Crippen molar-refractivity contribution in [2.45, 2.75) is 116 Å². The standard InChI is InChI=1S/C23H46O3/c1-3-5-21-25-23(26-22-6-4-2)19-17-15-13-11-9-7-8-10-12-14-16-18-20-24/h14,16,23-24H,3-13,15,17-22H2,1-2H3/b16-14-. The van der Waals surface area contributed by atoms with Crippen LogP contribution in [0, 0.1) is 0 Å². The average Bonchev–Trinajstić information content (AvgIpc) is 2.65. The number of aliphatic hydroxyl groups is 1. The van der Waals surface area contributed by atoms with E-state index in [0.717, 1.165) is 45.3 Å². The second-order valence-corrected chi connectivity index (χ2v) is 7.27. The van der Waals surface area contributed by atoms with Gasteiger partial charge in [0.2, 0.25) is 0 Å². The van der Waals surface area contributed by atoms with E-state index in [2.05, 4.69) is 26.0 Å². The van der Waals surface area contributed by atoms with Crippen LogP contribution in [0.25, 0.3) is 0 Å². The van der Waals surface area contributed by atoms with Gasteiger partial charge in [0.05, 0.1) is 0 Å². The number of hydrogen-bond acceptors (Lipinski definition) is 3. The number of ether oxygens (including phenoxy) is 2. The molecule has 0 aromatic carbocycles. The average molecular weight is 371 g/mol. The van der Waals surface area contributed by atoms with Crippen LogP contribution in [0.2, 0.25) is 0 Å². The summed E-state index contributed by atoms with van der Waals surface area (Å²) in [6, 6.07) is 0. The van der Waals surface area contributed by atoms with Crippen LogP contribution >= 0.6 is 0 Å². The van der Waals surface area contributed by atoms with Crippen molar-refractivity contribution in [1.29, 1.82) is 0 Å². The third-order valence-corrected chi connectivity index (χ3v) is 4.63. The Bertz CT molecular complexity index is 269. The van der Waals surface area contributed by atoms with Crippen LogP contribution in [0.5, 0.6) is 0 Å². The highest BCUT2D eigenvalue weighted by Gasteiger charge is 2.08. The lowest BCUT2D eigenvalue weighted by Gasteiger charge is -2.18. The Balaban J connectivity index is 3.46. The first-order valence-electron chi connectivity index (χ1n) is 11.3. The monoisotopic (exact) mass is 370 g/mol. The van der Waals surface area contributed by atoms with E-state index in [1.54, 1.807) is 0 Å². The van der Waals surface area contributed by atoms with Crippen LogP contribution < -0.4 is 0 Å². The van der Waals surface area contributed by atoms with Crippen LogP contribution in [-0.2, 0) is 9.47 Å². The summed E-state index contributed by atoms with van der Waals surface area (Å²) in [7, 11) is 0. The molecule has 0 atom stereocenters. The van der Waals surface area contributed by atoms with Crippen molar-refractivity contribution in [3.8, 4) is 0 Å². The molecule has 3 nitrogen and oxygen atoms in total. The minimum absolute atomic E-state index is 0.0204. The Hall–Kier alpha value is -0.380. The Morgan fingerprint density at radius 1 is 0.654 bits per heavy atom. The van der Waals surface area contributed by atoms with Crippen molar-refractivity contribution in [2.75, 3.05) is 19.8 Å². The van der Waals surface area contributed by atoms with Crippen molar-refractivity contribution < 1.29 is 14.6 Å². The number of unbranched alkanes of at least 4 members (excludes halogenated alkanes) is 10. The fraction of sp³-hybridized carbons (Fsp3) is 0.913. The van der Waals surface area contributed by atoms with E-state index in [-0.39, 0.29) is 12.9 Å². The van der Waals surface area contributed by atoms with Crippen LogP contribution in [0.3, 0.4) is 0 Å². The molecule has 26 heavy (non-hydrogen) atoms. The van der Waals surface area contributed by atoms with Gasteiger partial charge in [-0.1, -0.05) is 77.4 Å². The first kappa shape index (κ1) is 25.6. The van der Waals surface area contributed by atoms with E-state index in [4.69, 9.17) is 14.6 Å². The maximum absolute atomic E-state index is 8.69. The number of allylic oxidation sites excluding steroid dienone is 1. The molecule has 0 bridgehead atoms. The van der Waals surface area contributed by atoms with Crippen LogP contribution in [0.15, 0.2) is 12.2 Å². The Morgan fingerprint density at radius 2 is 1.15 bits per heavy atom. The van der Waals surface area contributed by atoms with Gasteiger partial charge in [-0.2, -0.15) is 0 Å². The summed E-state index contributed by atoms with van der Waals surface area (Å²) in [5.41, 5.74) is 0. The van der Waals surface area contributed by atoms with E-state index in [9.17, 15) is 0 Å². The Morgan fingerprint density at radius 3 is 1.69 bits per heavy atom. The van der Waals surface area contributed by atoms with Crippen molar-refractivity contribution >= 4 is 0 Å². The molecule has 0 aliphatic rings. The summed E-state index contributed by atoms with van der Waals surface area (Å²) in [6.07, 6.45) is 22.5. The van der Waals surface area contributed by atoms with Gasteiger partial charge in [0, 0.05) is 19.8 Å². The lowest BCUT2D eigenvalue weighted by atomic mass is 10.1. The number of rotatable bonds is 21. The summed E-state index contributed by atoms with van der Waals surface area (Å²) in [5, 5.41) is 8.69. The quantitative estimate of drug-likeness (QED) is 0.137. The lowest BCUT2D eigenvalue weighted by Crippen LogP contribution is -2.18. The molecule has 0 rings (SSSR count). The third-order valence-electron chi connectivity index (χ3n) is 4.63. The van der Waals surface area contributed by atoms with Crippen molar-refractivity contribution in [1.82, 2.24) is 0 Å². The van der Waals surface area contributed by atoms with Crippen molar-refractivity contribution in [2.24, 2.45) is 0 Å². The molecule has 0 aromatic heterocycles. The third kappa shape index (κ3) is 19.9. The Kier molecular flexibility index (Phi) is 22.3. The minimum atomic E-state index is 0.0204. The largest absolute Gasteiger partial charge is 0.396 e. The van der Waals surface area contributed by atoms with Crippen LogP contribution in [0.4, 0.5) is 0 Å². The molecular weight excluding hydrogens is 324 g/mol. The highest BCUT2D eigenvalue weighted by atomic mass is 16.7. The van der Waals surface area contributed by atoms with Crippen LogP contribution in [0.1, 0.15) is 110 Å². The molecule has 0 saturated heterocycles. The second-order valence-electron chi connectivity index (χ2n) is 7.27. The maximum atomic E-state index is 8.69. The summed E-state index contributed by atoms with van der Waals surface area (Å²) in [6.45, 7) is 6.34. The van der Waals surface area contributed by atoms with Gasteiger partial charge in [-0.15, -0.1) is 0 Å². The minimum Gasteiger partial charge on any atom is -0.396 e. The molecule has 1 N–H and O–H groups in total. The summed E-state index contributed by atoms with van der Waals surface area (Å²) in [5.74, 6) is 0. The van der Waals surface area contributed by atoms with Crippen molar-refractivity contribution in [3.63, 3.8) is 0 Å². The molecule has 0 aliphatic heterocycles. The molecule has 0 heterocycles. The summed E-state index contributed by atoms with van der Waals surface area (Å²) >= 11 is 0. The Labute approximate surface area is 163 Å². The molecule has 156 valence electrons. The van der Waals surface area contributed by atoms with E-state index >= 15 is 0 Å². The van der Waals surface area contributed by atoms with Gasteiger partial charge in [-0.3, -0.25) is 0 Å². The second kappa shape index (κ2) is 22.7. The molecule has 0 amide bonds. The summed E-state index contributed by atoms with van der Waals surface area (Å²) in [4.78, 5) is 0. The first-order chi connectivity index (χ1) is 12.8. The molecule has 0 spiro atoms. The molecule has 0 saturated carbocycles. The molecule has 0 unspecified atom stereocenters. The fourth-order valence-electron chi connectivity index (χ4n) is 2.88. The van der Waals surface area contributed by atoms with Gasteiger partial charge >= 0.3 is 0 Å². The predicted octanol–water partition coefficient (Wildman–Crippen LogP) is 6.79. The molecule has 0 aromatic rings. The molecule has 0 radical (unpaired) electrons. The SMILES string of the molecule is CCCCOC(CCCCCCCCCC/C=C\CCO)OCCCC. The van der Waals surface area contributed by atoms with E-state index in [1.165, 1.54) is 64.2 Å². The normalized spacial score (nSPS) is 11.8. The topological polar surface area (TPSA) is 38.7 Å². The van der Waals surface area contributed by atoms with Gasteiger partial charge in [0.15, 0.2) is 6.29 Å². The first-order valence-corrected chi connectivity index (χ1v) is 11.3. The molecule has 0 aliphatic carbocycles. The van der Waals surface area contributed by atoms with Gasteiger partial charge in [-0.25, -0.2) is 0 Å². The zero-order valence-electron chi connectivity index (χ0n) is 17.7. The molecular formula is C23H46O3. The number of aliphatic hydroxyl groups excluding tert-OH is 1. The van der Waals surface area contributed by atoms with Gasteiger partial charge in [-0.05, 0) is 44.9 Å². The van der Waals surface area contributed by atoms with E-state index < -0.39 is 0 Å². The lowest BCUT2D eigenvalue weighted by molar-refractivity contribution is -0.147. The number of hydrogen-bond donors (Lipinski definition) is 1. The highest BCUT2D eigenvalue weighted by molar-refractivity contribution is 4.80. The van der Waals surface area contributed by atoms with Gasteiger partial charge < -0.3 is 14.6 Å². The van der Waals surface area contributed by atoms with E-state index in [1.807, 2.05) is 0 Å². The predicted molar refractivity (Wildman–Crippen MR) is 113 cm³/mol. The maximum Gasteiger partial charge on any atom is 0.157 e. The zero-order chi connectivity index (χ0) is 19.1.